The van der Waals surface area contributed by atoms with Gasteiger partial charge in [0.05, 0.1) is 7.11 Å². The molecule has 0 spiro atoms. The minimum absolute atomic E-state index is 0.364. The van der Waals surface area contributed by atoms with Crippen LogP contribution in [0.1, 0.15) is 49.2 Å². The van der Waals surface area contributed by atoms with E-state index >= 15 is 0 Å². The van der Waals surface area contributed by atoms with E-state index in [9.17, 15) is 4.79 Å². The average Bonchev–Trinajstić information content (AvgIpc) is 2.64. The fourth-order valence-corrected chi connectivity index (χ4v) is 1.75. The Labute approximate surface area is 102 Å². The van der Waals surface area contributed by atoms with Crippen LogP contribution in [-0.2, 0) is 17.7 Å². The lowest BCUT2D eigenvalue weighted by Crippen LogP contribution is -2.07. The summed E-state index contributed by atoms with van der Waals surface area (Å²) in [5.74, 6) is 0.191. The largest absolute Gasteiger partial charge is 0.464 e. The van der Waals surface area contributed by atoms with Gasteiger partial charge in [-0.25, -0.2) is 9.48 Å². The fraction of sp³-hybridized carbons (Fsp3) is 0.667. The highest BCUT2D eigenvalue weighted by Gasteiger charge is 2.20. The van der Waals surface area contributed by atoms with E-state index in [1.54, 1.807) is 4.68 Å². The number of carbonyl (C=O) groups is 1. The van der Waals surface area contributed by atoms with Crippen LogP contribution >= 0.6 is 0 Å². The molecule has 0 aliphatic carbocycles. The summed E-state index contributed by atoms with van der Waals surface area (Å²) >= 11 is 0. The molecular weight excluding hydrogens is 218 g/mol. The second-order valence-corrected chi connectivity index (χ2v) is 4.03. The second kappa shape index (κ2) is 6.27. The number of nitrogen functional groups attached to an aromatic ring is 1. The van der Waals surface area contributed by atoms with Crippen LogP contribution in [0.4, 0.5) is 5.82 Å². The number of hydrogen-bond acceptors (Lipinski definition) is 4. The fourth-order valence-electron chi connectivity index (χ4n) is 1.75. The van der Waals surface area contributed by atoms with Crippen molar-refractivity contribution in [3.63, 3.8) is 0 Å². The number of methoxy groups -OCH3 is 1. The zero-order valence-electron chi connectivity index (χ0n) is 10.8. The van der Waals surface area contributed by atoms with Gasteiger partial charge in [-0.1, -0.05) is 26.7 Å². The first-order chi connectivity index (χ1) is 8.15. The molecule has 1 aromatic heterocycles. The van der Waals surface area contributed by atoms with Crippen LogP contribution in [-0.4, -0.2) is 22.9 Å². The predicted octanol–water partition coefficient (Wildman–Crippen LogP) is 2.00. The smallest absolute Gasteiger partial charge is 0.358 e. The van der Waals surface area contributed by atoms with E-state index in [-0.39, 0.29) is 0 Å². The number of unbranched alkanes of at least 4 members (excludes halogenated alkanes) is 1. The molecule has 1 rings (SSSR count). The first kappa shape index (κ1) is 13.5. The first-order valence-electron chi connectivity index (χ1n) is 6.09. The monoisotopic (exact) mass is 239 g/mol. The van der Waals surface area contributed by atoms with Crippen LogP contribution in [0.3, 0.4) is 0 Å². The van der Waals surface area contributed by atoms with Crippen LogP contribution in [0, 0.1) is 0 Å². The molecule has 1 aromatic rings. The van der Waals surface area contributed by atoms with Crippen molar-refractivity contribution in [1.82, 2.24) is 9.78 Å². The third-order valence-electron chi connectivity index (χ3n) is 2.70. The standard InChI is InChI=1S/C12H21N3O2/c1-4-6-8-15-11(13)9(7-5-2)10(14-15)12(16)17-3/h4-8,13H2,1-3H3. The average molecular weight is 239 g/mol. The van der Waals surface area contributed by atoms with Gasteiger partial charge in [0.25, 0.3) is 0 Å². The highest BCUT2D eigenvalue weighted by atomic mass is 16.5. The Hall–Kier alpha value is -1.52. The van der Waals surface area contributed by atoms with E-state index in [2.05, 4.69) is 12.0 Å². The summed E-state index contributed by atoms with van der Waals surface area (Å²) in [7, 11) is 1.36. The molecule has 5 nitrogen and oxygen atoms in total. The number of carbonyl (C=O) groups excluding carboxylic acids is 1. The Bertz CT molecular complexity index is 385. The van der Waals surface area contributed by atoms with E-state index in [4.69, 9.17) is 10.5 Å². The summed E-state index contributed by atoms with van der Waals surface area (Å²) in [6.07, 6.45) is 3.74. The molecule has 17 heavy (non-hydrogen) atoms. The SMILES string of the molecule is CCCCn1nc(C(=O)OC)c(CCC)c1N. The Morgan fingerprint density at radius 2 is 2.12 bits per heavy atom. The lowest BCUT2D eigenvalue weighted by molar-refractivity contribution is 0.0591. The molecule has 1 heterocycles. The van der Waals surface area contributed by atoms with Crippen molar-refractivity contribution in [3.8, 4) is 0 Å². The van der Waals surface area contributed by atoms with Crippen molar-refractivity contribution in [2.75, 3.05) is 12.8 Å². The summed E-state index contributed by atoms with van der Waals surface area (Å²) in [6, 6.07) is 0. The van der Waals surface area contributed by atoms with Gasteiger partial charge in [0, 0.05) is 12.1 Å². The molecule has 0 atom stereocenters. The van der Waals surface area contributed by atoms with Gasteiger partial charge in [-0.2, -0.15) is 5.10 Å². The topological polar surface area (TPSA) is 70.1 Å². The highest BCUT2D eigenvalue weighted by Crippen LogP contribution is 2.20. The number of nitrogens with zero attached hydrogens (tertiary/aromatic N) is 2. The number of ether oxygens (including phenoxy) is 1. The molecule has 2 N–H and O–H groups in total. The van der Waals surface area contributed by atoms with E-state index in [1.807, 2.05) is 6.92 Å². The van der Waals surface area contributed by atoms with Gasteiger partial charge >= 0.3 is 5.97 Å². The molecule has 5 heteroatoms. The van der Waals surface area contributed by atoms with Crippen molar-refractivity contribution in [1.29, 1.82) is 0 Å². The van der Waals surface area contributed by atoms with Crippen LogP contribution in [0.2, 0.25) is 0 Å². The lowest BCUT2D eigenvalue weighted by Gasteiger charge is -2.03. The molecule has 96 valence electrons. The maximum absolute atomic E-state index is 11.6. The van der Waals surface area contributed by atoms with Crippen molar-refractivity contribution in [3.05, 3.63) is 11.3 Å². The van der Waals surface area contributed by atoms with Gasteiger partial charge in [-0.3, -0.25) is 0 Å². The van der Waals surface area contributed by atoms with Crippen molar-refractivity contribution in [2.24, 2.45) is 0 Å². The van der Waals surface area contributed by atoms with Crippen LogP contribution in [0.15, 0.2) is 0 Å². The molecule has 0 amide bonds. The summed E-state index contributed by atoms with van der Waals surface area (Å²) in [4.78, 5) is 11.6. The molecule has 0 saturated carbocycles. The molecule has 0 unspecified atom stereocenters. The molecular formula is C12H21N3O2. The number of rotatable bonds is 6. The molecule has 0 fully saturated rings. The van der Waals surface area contributed by atoms with Crippen molar-refractivity contribution in [2.45, 2.75) is 46.1 Å². The lowest BCUT2D eigenvalue weighted by atomic mass is 10.1. The molecule has 0 aliphatic rings. The number of esters is 1. The van der Waals surface area contributed by atoms with Gasteiger partial charge in [0.15, 0.2) is 5.69 Å². The van der Waals surface area contributed by atoms with E-state index < -0.39 is 5.97 Å². The third-order valence-corrected chi connectivity index (χ3v) is 2.70. The molecule has 0 bridgehead atoms. The minimum Gasteiger partial charge on any atom is -0.464 e. The molecule has 0 radical (unpaired) electrons. The number of anilines is 1. The normalized spacial score (nSPS) is 10.5. The zero-order valence-corrected chi connectivity index (χ0v) is 10.8. The quantitative estimate of drug-likeness (QED) is 0.771. The van der Waals surface area contributed by atoms with Gasteiger partial charge < -0.3 is 10.5 Å². The number of aryl methyl sites for hydroxylation is 1. The Morgan fingerprint density at radius 1 is 1.41 bits per heavy atom. The number of nitrogens with two attached hydrogens (primary N) is 1. The summed E-state index contributed by atoms with van der Waals surface area (Å²) < 4.78 is 6.43. The Morgan fingerprint density at radius 3 is 2.65 bits per heavy atom. The first-order valence-corrected chi connectivity index (χ1v) is 6.09. The summed E-state index contributed by atoms with van der Waals surface area (Å²) in [6.45, 7) is 4.90. The van der Waals surface area contributed by atoms with E-state index in [0.29, 0.717) is 11.5 Å². The molecule has 0 aromatic carbocycles. The third kappa shape index (κ3) is 2.99. The van der Waals surface area contributed by atoms with Gasteiger partial charge in [-0.05, 0) is 12.8 Å². The van der Waals surface area contributed by atoms with Crippen molar-refractivity contribution < 1.29 is 9.53 Å². The molecule has 0 saturated heterocycles. The minimum atomic E-state index is -0.407. The Balaban J connectivity index is 3.05. The zero-order chi connectivity index (χ0) is 12.8. The van der Waals surface area contributed by atoms with Gasteiger partial charge in [0.1, 0.15) is 5.82 Å². The predicted molar refractivity (Wildman–Crippen MR) is 66.9 cm³/mol. The second-order valence-electron chi connectivity index (χ2n) is 4.03. The summed E-state index contributed by atoms with van der Waals surface area (Å²) in [5.41, 5.74) is 7.20. The number of aromatic nitrogens is 2. The van der Waals surface area contributed by atoms with Crippen LogP contribution in [0.5, 0.6) is 0 Å². The van der Waals surface area contributed by atoms with Gasteiger partial charge in [0.2, 0.25) is 0 Å². The number of hydrogen-bond donors (Lipinski definition) is 1. The highest BCUT2D eigenvalue weighted by molar-refractivity contribution is 5.90. The maximum atomic E-state index is 11.6. The summed E-state index contributed by atoms with van der Waals surface area (Å²) in [5, 5.41) is 4.25. The Kier molecular flexibility index (Phi) is 5.00. The van der Waals surface area contributed by atoms with E-state index in [0.717, 1.165) is 37.8 Å². The van der Waals surface area contributed by atoms with Crippen LogP contribution < -0.4 is 5.73 Å². The van der Waals surface area contributed by atoms with Crippen LogP contribution in [0.25, 0.3) is 0 Å². The van der Waals surface area contributed by atoms with E-state index in [1.165, 1.54) is 7.11 Å². The van der Waals surface area contributed by atoms with Gasteiger partial charge in [-0.15, -0.1) is 0 Å². The maximum Gasteiger partial charge on any atom is 0.358 e. The van der Waals surface area contributed by atoms with Crippen molar-refractivity contribution >= 4 is 11.8 Å². The molecule has 0 aliphatic heterocycles.